The van der Waals surface area contributed by atoms with E-state index in [1.165, 1.54) is 5.56 Å². The molecule has 2 N–H and O–H groups in total. The highest BCUT2D eigenvalue weighted by Gasteiger charge is 2.25. The zero-order valence-corrected chi connectivity index (χ0v) is 17.2. The Hall–Kier alpha value is -2.33. The lowest BCUT2D eigenvalue weighted by Gasteiger charge is -2.31. The smallest absolute Gasteiger partial charge is 0.223 e. The lowest BCUT2D eigenvalue weighted by Crippen LogP contribution is -2.40. The highest BCUT2D eigenvalue weighted by Crippen LogP contribution is 2.29. The number of nitrogens with zero attached hydrogens (tertiary/aromatic N) is 1. The van der Waals surface area contributed by atoms with Crippen molar-refractivity contribution in [3.05, 3.63) is 64.7 Å². The van der Waals surface area contributed by atoms with E-state index in [4.69, 9.17) is 0 Å². The van der Waals surface area contributed by atoms with Crippen molar-refractivity contribution in [2.75, 3.05) is 13.1 Å². The first kappa shape index (κ1) is 20.4. The molecule has 2 aromatic carbocycles. The third-order valence-electron chi connectivity index (χ3n) is 5.75. The van der Waals surface area contributed by atoms with Crippen LogP contribution in [0.1, 0.15) is 54.9 Å². The molecule has 0 atom stereocenters. The van der Waals surface area contributed by atoms with E-state index in [1.807, 2.05) is 36.4 Å². The number of hydrogen-bond donors (Lipinski definition) is 2. The van der Waals surface area contributed by atoms with Gasteiger partial charge in [0.15, 0.2) is 0 Å². The summed E-state index contributed by atoms with van der Waals surface area (Å²) in [6.45, 7) is 9.52. The average Bonchev–Trinajstić information content (AvgIpc) is 2.69. The van der Waals surface area contributed by atoms with Gasteiger partial charge in [0.05, 0.1) is 0 Å². The molecule has 0 radical (unpaired) electrons. The molecule has 2 aromatic rings. The van der Waals surface area contributed by atoms with Crippen molar-refractivity contribution in [2.24, 2.45) is 5.92 Å². The summed E-state index contributed by atoms with van der Waals surface area (Å²) < 4.78 is 0. The number of aryl methyl sites for hydroxylation is 1. The summed E-state index contributed by atoms with van der Waals surface area (Å²) in [5.74, 6) is 1.06. The second-order valence-corrected chi connectivity index (χ2v) is 8.25. The minimum atomic E-state index is 0.0813. The number of aromatic hydroxyl groups is 1. The number of likely N-dealkylation sites (tertiary alicyclic amines) is 1. The van der Waals surface area contributed by atoms with Crippen molar-refractivity contribution >= 4 is 5.91 Å². The summed E-state index contributed by atoms with van der Waals surface area (Å²) in [5, 5.41) is 13.4. The van der Waals surface area contributed by atoms with Crippen LogP contribution in [0.25, 0.3) is 0 Å². The van der Waals surface area contributed by atoms with E-state index in [0.717, 1.165) is 49.2 Å². The van der Waals surface area contributed by atoms with Gasteiger partial charge in [0.25, 0.3) is 0 Å². The standard InChI is InChI=1S/C24H32N2O2/c1-17(2)22-14-21(23(27)13-18(22)3)16-26-11-9-20(10-12-26)24(28)25-15-19-7-5-4-6-8-19/h4-8,13-14,17,20,27H,9-12,15-16H2,1-3H3,(H,25,28). The largest absolute Gasteiger partial charge is 0.508 e. The van der Waals surface area contributed by atoms with E-state index in [0.29, 0.717) is 18.2 Å². The number of carbonyl (C=O) groups excluding carboxylic acids is 1. The number of rotatable bonds is 6. The zero-order chi connectivity index (χ0) is 20.1. The van der Waals surface area contributed by atoms with E-state index in [9.17, 15) is 9.90 Å². The predicted octanol–water partition coefficient (Wildman–Crippen LogP) is 4.35. The molecule has 1 aliphatic rings. The Morgan fingerprint density at radius 3 is 2.50 bits per heavy atom. The van der Waals surface area contributed by atoms with E-state index in [2.05, 4.69) is 37.1 Å². The number of phenolic OH excluding ortho intramolecular Hbond substituents is 1. The van der Waals surface area contributed by atoms with E-state index in [-0.39, 0.29) is 11.8 Å². The highest BCUT2D eigenvalue weighted by molar-refractivity contribution is 5.78. The minimum Gasteiger partial charge on any atom is -0.508 e. The summed E-state index contributed by atoms with van der Waals surface area (Å²) >= 11 is 0. The molecule has 28 heavy (non-hydrogen) atoms. The number of amides is 1. The van der Waals surface area contributed by atoms with Crippen molar-refractivity contribution < 1.29 is 9.90 Å². The molecule has 0 aromatic heterocycles. The molecule has 0 unspecified atom stereocenters. The molecule has 4 nitrogen and oxygen atoms in total. The highest BCUT2D eigenvalue weighted by atomic mass is 16.3. The summed E-state index contributed by atoms with van der Waals surface area (Å²) in [6, 6.07) is 14.1. The molecular weight excluding hydrogens is 348 g/mol. The Labute approximate surface area is 168 Å². The molecular formula is C24H32N2O2. The van der Waals surface area contributed by atoms with Gasteiger partial charge in [-0.15, -0.1) is 0 Å². The van der Waals surface area contributed by atoms with Gasteiger partial charge in [-0.1, -0.05) is 50.2 Å². The summed E-state index contributed by atoms with van der Waals surface area (Å²) in [6.07, 6.45) is 1.73. The monoisotopic (exact) mass is 380 g/mol. The van der Waals surface area contributed by atoms with E-state index in [1.54, 1.807) is 0 Å². The quantitative estimate of drug-likeness (QED) is 0.783. The first-order chi connectivity index (χ1) is 13.4. The first-order valence-electron chi connectivity index (χ1n) is 10.3. The number of piperidine rings is 1. The van der Waals surface area contributed by atoms with Gasteiger partial charge >= 0.3 is 0 Å². The van der Waals surface area contributed by atoms with Crippen molar-refractivity contribution in [2.45, 2.75) is 52.6 Å². The van der Waals surface area contributed by atoms with Crippen LogP contribution in [-0.2, 0) is 17.9 Å². The van der Waals surface area contributed by atoms with Gasteiger partial charge in [0.1, 0.15) is 5.75 Å². The summed E-state index contributed by atoms with van der Waals surface area (Å²) in [4.78, 5) is 14.8. The van der Waals surface area contributed by atoms with Gasteiger partial charge in [0, 0.05) is 24.6 Å². The van der Waals surface area contributed by atoms with Crippen LogP contribution in [-0.4, -0.2) is 29.0 Å². The van der Waals surface area contributed by atoms with Crippen LogP contribution in [0, 0.1) is 12.8 Å². The zero-order valence-electron chi connectivity index (χ0n) is 17.2. The number of nitrogens with one attached hydrogen (secondary N) is 1. The molecule has 4 heteroatoms. The Morgan fingerprint density at radius 2 is 1.86 bits per heavy atom. The molecule has 0 saturated carbocycles. The second kappa shape index (κ2) is 9.24. The molecule has 0 bridgehead atoms. The predicted molar refractivity (Wildman–Crippen MR) is 113 cm³/mol. The van der Waals surface area contributed by atoms with Crippen LogP contribution in [0.3, 0.4) is 0 Å². The molecule has 0 spiro atoms. The van der Waals surface area contributed by atoms with Gasteiger partial charge in [-0.05, 0) is 61.5 Å². The Balaban J connectivity index is 1.51. The summed E-state index contributed by atoms with van der Waals surface area (Å²) in [7, 11) is 0. The Kier molecular flexibility index (Phi) is 6.74. The van der Waals surface area contributed by atoms with E-state index < -0.39 is 0 Å². The van der Waals surface area contributed by atoms with Crippen LogP contribution < -0.4 is 5.32 Å². The van der Waals surface area contributed by atoms with Crippen LogP contribution in [0.5, 0.6) is 5.75 Å². The first-order valence-corrected chi connectivity index (χ1v) is 10.3. The molecule has 1 aliphatic heterocycles. The SMILES string of the molecule is Cc1cc(O)c(CN2CCC(C(=O)NCc3ccccc3)CC2)cc1C(C)C. The molecule has 150 valence electrons. The maximum atomic E-state index is 12.5. The number of benzene rings is 2. The van der Waals surface area contributed by atoms with Crippen molar-refractivity contribution in [3.8, 4) is 5.75 Å². The van der Waals surface area contributed by atoms with Crippen LogP contribution in [0.2, 0.25) is 0 Å². The second-order valence-electron chi connectivity index (χ2n) is 8.25. The van der Waals surface area contributed by atoms with Crippen molar-refractivity contribution in [1.29, 1.82) is 0 Å². The molecule has 3 rings (SSSR count). The molecule has 1 heterocycles. The maximum absolute atomic E-state index is 12.5. The number of hydrogen-bond acceptors (Lipinski definition) is 3. The van der Waals surface area contributed by atoms with Gasteiger partial charge in [-0.25, -0.2) is 0 Å². The topological polar surface area (TPSA) is 52.6 Å². The van der Waals surface area contributed by atoms with Gasteiger partial charge in [-0.2, -0.15) is 0 Å². The molecule has 1 amide bonds. The fourth-order valence-corrected chi connectivity index (χ4v) is 4.03. The fraction of sp³-hybridized carbons (Fsp3) is 0.458. The van der Waals surface area contributed by atoms with Crippen molar-refractivity contribution in [1.82, 2.24) is 10.2 Å². The van der Waals surface area contributed by atoms with Gasteiger partial charge in [-0.3, -0.25) is 9.69 Å². The third kappa shape index (κ3) is 5.14. The third-order valence-corrected chi connectivity index (χ3v) is 5.75. The molecule has 0 aliphatic carbocycles. The molecule has 1 saturated heterocycles. The van der Waals surface area contributed by atoms with Crippen LogP contribution in [0.15, 0.2) is 42.5 Å². The molecule has 1 fully saturated rings. The van der Waals surface area contributed by atoms with Crippen LogP contribution >= 0.6 is 0 Å². The van der Waals surface area contributed by atoms with Crippen molar-refractivity contribution in [3.63, 3.8) is 0 Å². The lowest BCUT2D eigenvalue weighted by molar-refractivity contribution is -0.126. The number of carbonyl (C=O) groups is 1. The van der Waals surface area contributed by atoms with Gasteiger partial charge in [0.2, 0.25) is 5.91 Å². The maximum Gasteiger partial charge on any atom is 0.223 e. The van der Waals surface area contributed by atoms with Crippen LogP contribution in [0.4, 0.5) is 0 Å². The van der Waals surface area contributed by atoms with Gasteiger partial charge < -0.3 is 10.4 Å². The Morgan fingerprint density at radius 1 is 1.18 bits per heavy atom. The minimum absolute atomic E-state index is 0.0813. The van der Waals surface area contributed by atoms with E-state index >= 15 is 0 Å². The normalized spacial score (nSPS) is 15.7. The lowest BCUT2D eigenvalue weighted by atomic mass is 9.93. The summed E-state index contributed by atoms with van der Waals surface area (Å²) in [5.41, 5.74) is 4.55. The Bertz CT molecular complexity index is 794. The average molecular weight is 381 g/mol. The number of phenols is 1. The fourth-order valence-electron chi connectivity index (χ4n) is 4.03.